The summed E-state index contributed by atoms with van der Waals surface area (Å²) in [6, 6.07) is 6.59. The van der Waals surface area contributed by atoms with Gasteiger partial charge in [-0.2, -0.15) is 10.3 Å². The van der Waals surface area contributed by atoms with Gasteiger partial charge >= 0.3 is 0 Å². The van der Waals surface area contributed by atoms with Gasteiger partial charge in [0.05, 0.1) is 19.6 Å². The third kappa shape index (κ3) is 3.61. The summed E-state index contributed by atoms with van der Waals surface area (Å²) >= 11 is 0. The minimum atomic E-state index is -0.736. The monoisotopic (exact) mass is 329 g/mol. The van der Waals surface area contributed by atoms with E-state index in [1.165, 1.54) is 11.1 Å². The van der Waals surface area contributed by atoms with Crippen molar-refractivity contribution in [1.82, 2.24) is 9.96 Å². The number of nitrogens with zero attached hydrogens (tertiary/aromatic N) is 3. The number of piperidine rings is 1. The van der Waals surface area contributed by atoms with Crippen LogP contribution < -0.4 is 0 Å². The van der Waals surface area contributed by atoms with Crippen LogP contribution in [0.3, 0.4) is 0 Å². The van der Waals surface area contributed by atoms with E-state index in [1.54, 1.807) is 19.1 Å². The van der Waals surface area contributed by atoms with Crippen LogP contribution in [-0.2, 0) is 16.1 Å². The molecule has 5 nitrogen and oxygen atoms in total. The zero-order chi connectivity index (χ0) is 17.9. The lowest BCUT2D eigenvalue weighted by Crippen LogP contribution is -2.55. The van der Waals surface area contributed by atoms with Crippen LogP contribution >= 0.6 is 0 Å². The topological polar surface area (TPSA) is 56.6 Å². The largest absolute Gasteiger partial charge is 0.327 e. The van der Waals surface area contributed by atoms with Gasteiger partial charge in [-0.25, -0.2) is 0 Å². The van der Waals surface area contributed by atoms with E-state index in [0.717, 1.165) is 11.1 Å². The van der Waals surface area contributed by atoms with Crippen molar-refractivity contribution in [3.63, 3.8) is 0 Å². The summed E-state index contributed by atoms with van der Waals surface area (Å²) in [6.45, 7) is 7.49. The van der Waals surface area contributed by atoms with Crippen LogP contribution in [-0.4, -0.2) is 48.7 Å². The van der Waals surface area contributed by atoms with E-state index >= 15 is 0 Å². The maximum Gasteiger partial charge on any atom is 0.228 e. The maximum atomic E-state index is 12.8. The Kier molecular flexibility index (Phi) is 5.63. The Morgan fingerprint density at radius 1 is 1.25 bits per heavy atom. The van der Waals surface area contributed by atoms with E-state index in [2.05, 4.69) is 32.0 Å². The molecule has 5 heteroatoms. The molecule has 1 aromatic carbocycles. The molecule has 1 aromatic rings. The number of aryl methyl sites for hydroxylation is 3. The minimum absolute atomic E-state index is 0.00577. The van der Waals surface area contributed by atoms with Crippen molar-refractivity contribution >= 4 is 5.91 Å². The molecule has 0 radical (unpaired) electrons. The van der Waals surface area contributed by atoms with Crippen molar-refractivity contribution in [2.45, 2.75) is 45.6 Å². The molecule has 1 aliphatic rings. The molecular formula is C19H27N3O2. The molecule has 130 valence electrons. The zero-order valence-electron chi connectivity index (χ0n) is 15.3. The first-order valence-electron chi connectivity index (χ1n) is 8.36. The second-order valence-electron chi connectivity index (χ2n) is 6.75. The Labute approximate surface area is 144 Å². The Morgan fingerprint density at radius 2 is 1.83 bits per heavy atom. The molecule has 1 saturated heterocycles. The summed E-state index contributed by atoms with van der Waals surface area (Å²) in [5.41, 5.74) is 3.85. The van der Waals surface area contributed by atoms with Crippen LogP contribution in [0, 0.1) is 32.1 Å². The molecule has 0 aromatic heterocycles. The molecule has 0 bridgehead atoms. The van der Waals surface area contributed by atoms with Crippen molar-refractivity contribution in [3.8, 4) is 6.07 Å². The van der Waals surface area contributed by atoms with Gasteiger partial charge in [0, 0.05) is 20.1 Å². The molecule has 0 aliphatic carbocycles. The molecule has 0 spiro atoms. The highest BCUT2D eigenvalue weighted by atomic mass is 16.7. The lowest BCUT2D eigenvalue weighted by molar-refractivity contribution is -0.161. The Balaban J connectivity index is 2.14. The van der Waals surface area contributed by atoms with E-state index in [4.69, 9.17) is 4.84 Å². The lowest BCUT2D eigenvalue weighted by Gasteiger charge is -2.42. The van der Waals surface area contributed by atoms with Crippen LogP contribution in [0.25, 0.3) is 0 Å². The lowest BCUT2D eigenvalue weighted by atomic mass is 9.87. The van der Waals surface area contributed by atoms with Gasteiger partial charge in [0.1, 0.15) is 5.54 Å². The first-order valence-corrected chi connectivity index (χ1v) is 8.36. The molecule has 24 heavy (non-hydrogen) atoms. The van der Waals surface area contributed by atoms with Gasteiger partial charge in [-0.05, 0) is 55.9 Å². The number of carbonyl (C=O) groups excluding carboxylic acids is 1. The first-order chi connectivity index (χ1) is 11.3. The fourth-order valence-electron chi connectivity index (χ4n) is 3.29. The minimum Gasteiger partial charge on any atom is -0.327 e. The number of nitriles is 1. The maximum absolute atomic E-state index is 12.8. The predicted molar refractivity (Wildman–Crippen MR) is 93.3 cm³/mol. The standard InChI is InChI=1S/C19H27N3O2/c1-14-10-16(3)17(11-15(14)2)12-18(23)21(4)19(13-20)6-8-22(24-5)9-7-19/h10-11H,6-9,12H2,1-5H3. The van der Waals surface area contributed by atoms with Crippen LogP contribution in [0.1, 0.15) is 35.1 Å². The molecule has 1 heterocycles. The number of hydrogen-bond acceptors (Lipinski definition) is 4. The molecular weight excluding hydrogens is 302 g/mol. The average Bonchev–Trinajstić information content (AvgIpc) is 2.59. The second-order valence-corrected chi connectivity index (χ2v) is 6.75. The van der Waals surface area contributed by atoms with E-state index in [9.17, 15) is 10.1 Å². The quantitative estimate of drug-likeness (QED) is 0.852. The Morgan fingerprint density at radius 3 is 2.38 bits per heavy atom. The number of carbonyl (C=O) groups is 1. The normalized spacial score (nSPS) is 17.3. The number of hydroxylamine groups is 2. The third-order valence-electron chi connectivity index (χ3n) is 5.33. The van der Waals surface area contributed by atoms with Gasteiger partial charge in [-0.3, -0.25) is 4.79 Å². The predicted octanol–water partition coefficient (Wildman–Crippen LogP) is 2.53. The molecule has 0 N–H and O–H groups in total. The van der Waals surface area contributed by atoms with Gasteiger partial charge in [-0.15, -0.1) is 0 Å². The summed E-state index contributed by atoms with van der Waals surface area (Å²) in [4.78, 5) is 19.7. The number of hydrogen-bond donors (Lipinski definition) is 0. The average molecular weight is 329 g/mol. The van der Waals surface area contributed by atoms with Crippen molar-refractivity contribution in [3.05, 3.63) is 34.4 Å². The highest BCUT2D eigenvalue weighted by Gasteiger charge is 2.40. The van der Waals surface area contributed by atoms with E-state index < -0.39 is 5.54 Å². The summed E-state index contributed by atoms with van der Waals surface area (Å²) in [6.07, 6.45) is 1.54. The second kappa shape index (κ2) is 7.33. The molecule has 2 rings (SSSR count). The molecule has 1 aliphatic heterocycles. The van der Waals surface area contributed by atoms with Crippen molar-refractivity contribution in [1.29, 1.82) is 5.26 Å². The molecule has 0 saturated carbocycles. The van der Waals surface area contributed by atoms with Crippen molar-refractivity contribution in [2.24, 2.45) is 0 Å². The summed E-state index contributed by atoms with van der Waals surface area (Å²) in [5.74, 6) is -0.00577. The van der Waals surface area contributed by atoms with Gasteiger partial charge in [-0.1, -0.05) is 12.1 Å². The van der Waals surface area contributed by atoms with Crippen LogP contribution in [0.5, 0.6) is 0 Å². The van der Waals surface area contributed by atoms with Crippen molar-refractivity contribution < 1.29 is 9.63 Å². The SMILES string of the molecule is CON1CCC(C#N)(N(C)C(=O)Cc2cc(C)c(C)cc2C)CC1. The molecule has 1 fully saturated rings. The molecule has 1 amide bonds. The number of likely N-dealkylation sites (N-methyl/N-ethyl adjacent to an activating group) is 1. The number of amides is 1. The Bertz CT molecular complexity index is 655. The van der Waals surface area contributed by atoms with Gasteiger partial charge in [0.2, 0.25) is 5.91 Å². The van der Waals surface area contributed by atoms with Gasteiger partial charge in [0.25, 0.3) is 0 Å². The van der Waals surface area contributed by atoms with Gasteiger partial charge < -0.3 is 9.74 Å². The molecule has 0 atom stereocenters. The van der Waals surface area contributed by atoms with E-state index in [1.807, 2.05) is 12.0 Å². The summed E-state index contributed by atoms with van der Waals surface area (Å²) in [7, 11) is 3.39. The summed E-state index contributed by atoms with van der Waals surface area (Å²) in [5, 5.41) is 11.6. The fourth-order valence-corrected chi connectivity index (χ4v) is 3.29. The van der Waals surface area contributed by atoms with Crippen LogP contribution in [0.4, 0.5) is 0 Å². The van der Waals surface area contributed by atoms with Crippen LogP contribution in [0.2, 0.25) is 0 Å². The zero-order valence-corrected chi connectivity index (χ0v) is 15.3. The first kappa shape index (κ1) is 18.4. The number of rotatable bonds is 4. The Hall–Kier alpha value is -1.90. The molecule has 0 unspecified atom stereocenters. The van der Waals surface area contributed by atoms with Crippen LogP contribution in [0.15, 0.2) is 12.1 Å². The number of benzene rings is 1. The fraction of sp³-hybridized carbons (Fsp3) is 0.579. The smallest absolute Gasteiger partial charge is 0.228 e. The highest BCUT2D eigenvalue weighted by Crippen LogP contribution is 2.28. The van der Waals surface area contributed by atoms with Gasteiger partial charge in [0.15, 0.2) is 0 Å². The highest BCUT2D eigenvalue weighted by molar-refractivity contribution is 5.80. The summed E-state index contributed by atoms with van der Waals surface area (Å²) < 4.78 is 0. The van der Waals surface area contributed by atoms with E-state index in [0.29, 0.717) is 32.4 Å². The van der Waals surface area contributed by atoms with E-state index in [-0.39, 0.29) is 5.91 Å². The third-order valence-corrected chi connectivity index (χ3v) is 5.33. The van der Waals surface area contributed by atoms with Crippen molar-refractivity contribution in [2.75, 3.05) is 27.2 Å².